The van der Waals surface area contributed by atoms with Crippen molar-refractivity contribution in [2.24, 2.45) is 5.92 Å². The number of nitrogens with zero attached hydrogens (tertiary/aromatic N) is 2. The zero-order valence-electron chi connectivity index (χ0n) is 12.8. The maximum Gasteiger partial charge on any atom is 0.137 e. The molecule has 0 aromatic heterocycles. The van der Waals surface area contributed by atoms with E-state index in [9.17, 15) is 4.79 Å². The van der Waals surface area contributed by atoms with Gasteiger partial charge in [0.2, 0.25) is 0 Å². The smallest absolute Gasteiger partial charge is 0.137 e. The lowest BCUT2D eigenvalue weighted by Gasteiger charge is -2.48. The standard InChI is InChI=1S/C18H22N2O2/c19-8-4-7-18(21)15-9-16-12-22-13-17(10-15)20(16)11-14-5-2-1-3-6-14/h1-3,5-6,15-17H,4,7,9-13H2. The SMILES string of the molecule is N#CCCC(=O)C1CC2COCC(C1)N2Cc1ccccc1. The van der Waals surface area contributed by atoms with Gasteiger partial charge in [0.1, 0.15) is 5.78 Å². The average Bonchev–Trinajstić information content (AvgIpc) is 2.53. The molecule has 1 aromatic carbocycles. The summed E-state index contributed by atoms with van der Waals surface area (Å²) in [5.74, 6) is 0.372. The lowest BCUT2D eigenvalue weighted by Crippen LogP contribution is -2.57. The first-order valence-electron chi connectivity index (χ1n) is 8.05. The Bertz CT molecular complexity index is 538. The second kappa shape index (κ2) is 7.04. The molecule has 0 spiro atoms. The first-order valence-corrected chi connectivity index (χ1v) is 8.05. The summed E-state index contributed by atoms with van der Waals surface area (Å²) in [5, 5.41) is 8.65. The molecule has 3 rings (SSSR count). The molecule has 2 aliphatic rings. The number of ketones is 1. The van der Waals surface area contributed by atoms with Crippen LogP contribution in [0.4, 0.5) is 0 Å². The molecule has 0 aliphatic carbocycles. The Balaban J connectivity index is 1.66. The van der Waals surface area contributed by atoms with Crippen LogP contribution in [0, 0.1) is 17.2 Å². The van der Waals surface area contributed by atoms with Gasteiger partial charge >= 0.3 is 0 Å². The summed E-state index contributed by atoms with van der Waals surface area (Å²) >= 11 is 0. The predicted molar refractivity (Wildman–Crippen MR) is 83.0 cm³/mol. The van der Waals surface area contributed by atoms with E-state index >= 15 is 0 Å². The molecule has 1 aromatic rings. The predicted octanol–water partition coefficient (Wildman–Crippen LogP) is 2.54. The third-order valence-electron chi connectivity index (χ3n) is 4.82. The molecule has 2 fully saturated rings. The number of carbonyl (C=O) groups is 1. The number of benzene rings is 1. The maximum atomic E-state index is 12.2. The Morgan fingerprint density at radius 1 is 1.23 bits per heavy atom. The number of carbonyl (C=O) groups excluding carboxylic acids is 1. The summed E-state index contributed by atoms with van der Waals surface area (Å²) < 4.78 is 5.71. The van der Waals surface area contributed by atoms with Crippen LogP contribution in [0.5, 0.6) is 0 Å². The normalized spacial score (nSPS) is 28.0. The molecule has 22 heavy (non-hydrogen) atoms. The second-order valence-electron chi connectivity index (χ2n) is 6.30. The molecule has 2 atom stereocenters. The van der Waals surface area contributed by atoms with Gasteiger partial charge in [0.05, 0.1) is 19.3 Å². The van der Waals surface area contributed by atoms with Crippen LogP contribution < -0.4 is 0 Å². The Hall–Kier alpha value is -1.70. The minimum Gasteiger partial charge on any atom is -0.378 e. The van der Waals surface area contributed by atoms with E-state index < -0.39 is 0 Å². The number of hydrogen-bond acceptors (Lipinski definition) is 4. The highest BCUT2D eigenvalue weighted by atomic mass is 16.5. The fourth-order valence-corrected chi connectivity index (χ4v) is 3.69. The average molecular weight is 298 g/mol. The van der Waals surface area contributed by atoms with Gasteiger partial charge in [-0.15, -0.1) is 0 Å². The van der Waals surface area contributed by atoms with E-state index in [2.05, 4.69) is 35.2 Å². The molecule has 2 aliphatic heterocycles. The fourth-order valence-electron chi connectivity index (χ4n) is 3.69. The van der Waals surface area contributed by atoms with Crippen LogP contribution in [0.3, 0.4) is 0 Å². The van der Waals surface area contributed by atoms with Crippen molar-refractivity contribution in [3.8, 4) is 6.07 Å². The fraction of sp³-hybridized carbons (Fsp3) is 0.556. The van der Waals surface area contributed by atoms with E-state index in [-0.39, 0.29) is 11.7 Å². The number of hydrogen-bond donors (Lipinski definition) is 0. The third kappa shape index (κ3) is 3.37. The van der Waals surface area contributed by atoms with Crippen molar-refractivity contribution in [1.82, 2.24) is 4.90 Å². The van der Waals surface area contributed by atoms with Crippen molar-refractivity contribution in [1.29, 1.82) is 5.26 Å². The van der Waals surface area contributed by atoms with E-state index in [4.69, 9.17) is 10.00 Å². The Kier molecular flexibility index (Phi) is 4.87. The molecule has 116 valence electrons. The van der Waals surface area contributed by atoms with Crippen molar-refractivity contribution >= 4 is 5.78 Å². The van der Waals surface area contributed by atoms with Crippen molar-refractivity contribution < 1.29 is 9.53 Å². The highest BCUT2D eigenvalue weighted by molar-refractivity contribution is 5.81. The van der Waals surface area contributed by atoms with Crippen LogP contribution in [-0.4, -0.2) is 36.0 Å². The van der Waals surface area contributed by atoms with Crippen molar-refractivity contribution in [3.05, 3.63) is 35.9 Å². The zero-order chi connectivity index (χ0) is 15.4. The highest BCUT2D eigenvalue weighted by Gasteiger charge is 2.40. The summed E-state index contributed by atoms with van der Waals surface area (Å²) in [6, 6.07) is 13.2. The molecule has 0 N–H and O–H groups in total. The van der Waals surface area contributed by atoms with Crippen LogP contribution in [-0.2, 0) is 16.1 Å². The van der Waals surface area contributed by atoms with Gasteiger partial charge in [0.25, 0.3) is 0 Å². The van der Waals surface area contributed by atoms with Crippen molar-refractivity contribution in [2.75, 3.05) is 13.2 Å². The van der Waals surface area contributed by atoms with Crippen LogP contribution in [0.1, 0.15) is 31.2 Å². The molecule has 2 unspecified atom stereocenters. The molecule has 4 nitrogen and oxygen atoms in total. The number of piperidine rings is 1. The number of rotatable bonds is 5. The number of Topliss-reactive ketones (excluding diaryl/α,β-unsaturated/α-hetero) is 1. The Morgan fingerprint density at radius 3 is 2.55 bits per heavy atom. The molecule has 4 heteroatoms. The summed E-state index contributed by atoms with van der Waals surface area (Å²) in [6.45, 7) is 2.36. The van der Waals surface area contributed by atoms with Crippen LogP contribution in [0.25, 0.3) is 0 Å². The topological polar surface area (TPSA) is 53.3 Å². The van der Waals surface area contributed by atoms with Crippen molar-refractivity contribution in [2.45, 2.75) is 44.3 Å². The molecule has 2 heterocycles. The van der Waals surface area contributed by atoms with Gasteiger partial charge in [-0.3, -0.25) is 9.69 Å². The molecule has 2 saturated heterocycles. The number of morpholine rings is 1. The van der Waals surface area contributed by atoms with E-state index in [1.54, 1.807) is 0 Å². The van der Waals surface area contributed by atoms with Crippen molar-refractivity contribution in [3.63, 3.8) is 0 Å². The first kappa shape index (κ1) is 15.2. The largest absolute Gasteiger partial charge is 0.378 e. The molecular formula is C18H22N2O2. The second-order valence-corrected chi connectivity index (χ2v) is 6.30. The van der Waals surface area contributed by atoms with Gasteiger partial charge in [-0.05, 0) is 18.4 Å². The van der Waals surface area contributed by atoms with Gasteiger partial charge < -0.3 is 4.74 Å². The minimum absolute atomic E-state index is 0.110. The van der Waals surface area contributed by atoms with Crippen LogP contribution in [0.2, 0.25) is 0 Å². The number of ether oxygens (including phenoxy) is 1. The lowest BCUT2D eigenvalue weighted by molar-refractivity contribution is -0.133. The quantitative estimate of drug-likeness (QED) is 0.838. The molecule has 2 bridgehead atoms. The van der Waals surface area contributed by atoms with E-state index in [0.717, 1.165) is 19.4 Å². The molecular weight excluding hydrogens is 276 g/mol. The first-order chi connectivity index (χ1) is 10.8. The van der Waals surface area contributed by atoms with Gasteiger partial charge in [0, 0.05) is 37.4 Å². The monoisotopic (exact) mass is 298 g/mol. The summed E-state index contributed by atoms with van der Waals surface area (Å²) in [7, 11) is 0. The molecule has 0 radical (unpaired) electrons. The van der Waals surface area contributed by atoms with E-state index in [1.807, 2.05) is 6.07 Å². The lowest BCUT2D eigenvalue weighted by atomic mass is 9.81. The van der Waals surface area contributed by atoms with Crippen LogP contribution in [0.15, 0.2) is 30.3 Å². The van der Waals surface area contributed by atoms with Gasteiger partial charge in [-0.2, -0.15) is 5.26 Å². The highest BCUT2D eigenvalue weighted by Crippen LogP contribution is 2.33. The minimum atomic E-state index is 0.110. The summed E-state index contributed by atoms with van der Waals surface area (Å²) in [4.78, 5) is 14.7. The number of fused-ring (bicyclic) bond motifs is 2. The Morgan fingerprint density at radius 2 is 1.91 bits per heavy atom. The van der Waals surface area contributed by atoms with Gasteiger partial charge in [-0.25, -0.2) is 0 Å². The van der Waals surface area contributed by atoms with E-state index in [0.29, 0.717) is 38.1 Å². The number of nitriles is 1. The molecule has 0 saturated carbocycles. The van der Waals surface area contributed by atoms with Crippen LogP contribution >= 0.6 is 0 Å². The third-order valence-corrected chi connectivity index (χ3v) is 4.82. The summed E-state index contributed by atoms with van der Waals surface area (Å²) in [5.41, 5.74) is 1.31. The maximum absolute atomic E-state index is 12.2. The molecule has 0 amide bonds. The Labute approximate surface area is 131 Å². The van der Waals surface area contributed by atoms with Gasteiger partial charge in [-0.1, -0.05) is 30.3 Å². The summed E-state index contributed by atoms with van der Waals surface area (Å²) in [6.07, 6.45) is 2.48. The zero-order valence-corrected chi connectivity index (χ0v) is 12.8. The van der Waals surface area contributed by atoms with Gasteiger partial charge in [0.15, 0.2) is 0 Å². The van der Waals surface area contributed by atoms with E-state index in [1.165, 1.54) is 5.56 Å².